The third-order valence-corrected chi connectivity index (χ3v) is 3.06. The topological polar surface area (TPSA) is 23.8 Å². The Hall–Kier alpha value is -2.28. The molecule has 0 aliphatic heterocycles. The van der Waals surface area contributed by atoms with E-state index < -0.39 is 11.7 Å². The number of rotatable bonds is 2. The number of hydrogen-bond donors (Lipinski definition) is 0. The van der Waals surface area contributed by atoms with Crippen LogP contribution in [0.1, 0.15) is 16.7 Å². The summed E-state index contributed by atoms with van der Waals surface area (Å²) in [6.45, 7) is 1.91. The predicted molar refractivity (Wildman–Crippen MR) is 70.9 cm³/mol. The quantitative estimate of drug-likeness (QED) is 0.776. The van der Waals surface area contributed by atoms with E-state index in [1.807, 2.05) is 25.1 Å². The summed E-state index contributed by atoms with van der Waals surface area (Å²) in [5.74, 6) is 0. The minimum absolute atomic E-state index is 0.233. The number of benzene rings is 2. The van der Waals surface area contributed by atoms with E-state index in [0.717, 1.165) is 28.8 Å². The summed E-state index contributed by atoms with van der Waals surface area (Å²) < 4.78 is 37.6. The van der Waals surface area contributed by atoms with Crippen molar-refractivity contribution in [3.05, 3.63) is 59.2 Å². The molecule has 4 heteroatoms. The standard InChI is InChI=1S/C16H12F3N/c1-11-2-3-13(8-9-20)15(10-11)12-4-6-14(7-5-12)16(17,18)19/h2-7,10H,8H2,1H3. The zero-order chi connectivity index (χ0) is 14.8. The average molecular weight is 275 g/mol. The summed E-state index contributed by atoms with van der Waals surface area (Å²) in [6, 6.07) is 12.7. The van der Waals surface area contributed by atoms with E-state index >= 15 is 0 Å². The fraction of sp³-hybridized carbons (Fsp3) is 0.188. The van der Waals surface area contributed by atoms with Gasteiger partial charge in [-0.2, -0.15) is 18.4 Å². The Morgan fingerprint density at radius 3 is 2.25 bits per heavy atom. The molecule has 2 aromatic rings. The molecule has 0 saturated carbocycles. The molecule has 0 bridgehead atoms. The van der Waals surface area contributed by atoms with Crippen molar-refractivity contribution in [1.29, 1.82) is 5.26 Å². The third-order valence-electron chi connectivity index (χ3n) is 3.06. The number of nitriles is 1. The van der Waals surface area contributed by atoms with Gasteiger partial charge in [-0.05, 0) is 35.7 Å². The largest absolute Gasteiger partial charge is 0.416 e. The lowest BCUT2D eigenvalue weighted by Crippen LogP contribution is -2.04. The molecule has 0 heterocycles. The monoisotopic (exact) mass is 275 g/mol. The second-order valence-electron chi connectivity index (χ2n) is 4.57. The molecule has 0 amide bonds. The van der Waals surface area contributed by atoms with Crippen LogP contribution < -0.4 is 0 Å². The fourth-order valence-electron chi connectivity index (χ4n) is 2.04. The maximum absolute atomic E-state index is 12.5. The highest BCUT2D eigenvalue weighted by molar-refractivity contribution is 5.69. The first-order chi connectivity index (χ1) is 9.41. The molecule has 0 spiro atoms. The van der Waals surface area contributed by atoms with Crippen LogP contribution in [0.2, 0.25) is 0 Å². The molecule has 2 aromatic carbocycles. The first-order valence-corrected chi connectivity index (χ1v) is 6.06. The number of halogens is 3. The number of alkyl halides is 3. The Kier molecular flexibility index (Phi) is 3.80. The van der Waals surface area contributed by atoms with E-state index in [4.69, 9.17) is 5.26 Å². The number of nitrogens with zero attached hydrogens (tertiary/aromatic N) is 1. The van der Waals surface area contributed by atoms with Crippen molar-refractivity contribution in [2.75, 3.05) is 0 Å². The maximum Gasteiger partial charge on any atom is 0.416 e. The highest BCUT2D eigenvalue weighted by Crippen LogP contribution is 2.32. The van der Waals surface area contributed by atoms with Gasteiger partial charge in [0, 0.05) is 0 Å². The molecule has 102 valence electrons. The van der Waals surface area contributed by atoms with Crippen molar-refractivity contribution in [1.82, 2.24) is 0 Å². The second kappa shape index (κ2) is 5.38. The maximum atomic E-state index is 12.5. The van der Waals surface area contributed by atoms with Gasteiger partial charge in [0.15, 0.2) is 0 Å². The van der Waals surface area contributed by atoms with Crippen LogP contribution in [0.4, 0.5) is 13.2 Å². The van der Waals surface area contributed by atoms with Gasteiger partial charge in [0.25, 0.3) is 0 Å². The highest BCUT2D eigenvalue weighted by Gasteiger charge is 2.30. The van der Waals surface area contributed by atoms with Crippen LogP contribution in [0.15, 0.2) is 42.5 Å². The molecule has 0 unspecified atom stereocenters. The van der Waals surface area contributed by atoms with Crippen molar-refractivity contribution in [2.45, 2.75) is 19.5 Å². The van der Waals surface area contributed by atoms with E-state index in [0.29, 0.717) is 5.56 Å². The molecular formula is C16H12F3N. The van der Waals surface area contributed by atoms with Crippen molar-refractivity contribution in [2.24, 2.45) is 0 Å². The third kappa shape index (κ3) is 3.00. The molecule has 20 heavy (non-hydrogen) atoms. The van der Waals surface area contributed by atoms with Gasteiger partial charge in [0.2, 0.25) is 0 Å². The Morgan fingerprint density at radius 1 is 1.05 bits per heavy atom. The second-order valence-corrected chi connectivity index (χ2v) is 4.57. The summed E-state index contributed by atoms with van der Waals surface area (Å²) in [4.78, 5) is 0. The van der Waals surface area contributed by atoms with Crippen LogP contribution in [0.3, 0.4) is 0 Å². The van der Waals surface area contributed by atoms with Gasteiger partial charge in [-0.15, -0.1) is 0 Å². The van der Waals surface area contributed by atoms with Crippen molar-refractivity contribution in [3.8, 4) is 17.2 Å². The first-order valence-electron chi connectivity index (χ1n) is 6.06. The lowest BCUT2D eigenvalue weighted by atomic mass is 9.95. The smallest absolute Gasteiger partial charge is 0.198 e. The molecule has 0 fully saturated rings. The highest BCUT2D eigenvalue weighted by atomic mass is 19.4. The van der Waals surface area contributed by atoms with Crippen molar-refractivity contribution in [3.63, 3.8) is 0 Å². The normalized spacial score (nSPS) is 11.2. The molecule has 0 atom stereocenters. The van der Waals surface area contributed by atoms with Crippen LogP contribution >= 0.6 is 0 Å². The number of aryl methyl sites for hydroxylation is 1. The van der Waals surface area contributed by atoms with Crippen LogP contribution in [-0.2, 0) is 12.6 Å². The van der Waals surface area contributed by atoms with E-state index in [9.17, 15) is 13.2 Å². The van der Waals surface area contributed by atoms with E-state index in [1.54, 1.807) is 0 Å². The van der Waals surface area contributed by atoms with Crippen LogP contribution in [0.5, 0.6) is 0 Å². The van der Waals surface area contributed by atoms with Crippen molar-refractivity contribution < 1.29 is 13.2 Å². The summed E-state index contributed by atoms with van der Waals surface area (Å²) in [5.41, 5.74) is 2.64. The molecule has 2 rings (SSSR count). The zero-order valence-corrected chi connectivity index (χ0v) is 10.8. The minimum Gasteiger partial charge on any atom is -0.198 e. The molecule has 0 saturated heterocycles. The summed E-state index contributed by atoms with van der Waals surface area (Å²) in [6.07, 6.45) is -4.10. The Morgan fingerprint density at radius 2 is 1.70 bits per heavy atom. The summed E-state index contributed by atoms with van der Waals surface area (Å²) in [5, 5.41) is 8.81. The van der Waals surface area contributed by atoms with Gasteiger partial charge in [-0.3, -0.25) is 0 Å². The van der Waals surface area contributed by atoms with Gasteiger partial charge in [0.1, 0.15) is 0 Å². The molecule has 1 nitrogen and oxygen atoms in total. The molecule has 0 N–H and O–H groups in total. The fourth-order valence-corrected chi connectivity index (χ4v) is 2.04. The first kappa shape index (κ1) is 14.1. The molecule has 0 aliphatic carbocycles. The predicted octanol–water partition coefficient (Wildman–Crippen LogP) is 4.75. The van der Waals surface area contributed by atoms with E-state index in [1.165, 1.54) is 12.1 Å². The lowest BCUT2D eigenvalue weighted by Gasteiger charge is -2.11. The van der Waals surface area contributed by atoms with Crippen molar-refractivity contribution >= 4 is 0 Å². The molecular weight excluding hydrogens is 263 g/mol. The molecule has 0 aliphatic rings. The molecule has 0 radical (unpaired) electrons. The van der Waals surface area contributed by atoms with Gasteiger partial charge in [0.05, 0.1) is 18.1 Å². The lowest BCUT2D eigenvalue weighted by molar-refractivity contribution is -0.137. The SMILES string of the molecule is Cc1ccc(CC#N)c(-c2ccc(C(F)(F)F)cc2)c1. The Balaban J connectivity index is 2.46. The van der Waals surface area contributed by atoms with Gasteiger partial charge >= 0.3 is 6.18 Å². The van der Waals surface area contributed by atoms with Crippen LogP contribution in [0.25, 0.3) is 11.1 Å². The average Bonchev–Trinajstić information content (AvgIpc) is 2.40. The Labute approximate surface area is 115 Å². The van der Waals surface area contributed by atoms with Gasteiger partial charge in [-0.25, -0.2) is 0 Å². The van der Waals surface area contributed by atoms with E-state index in [-0.39, 0.29) is 6.42 Å². The van der Waals surface area contributed by atoms with Crippen LogP contribution in [-0.4, -0.2) is 0 Å². The van der Waals surface area contributed by atoms with Gasteiger partial charge < -0.3 is 0 Å². The number of hydrogen-bond acceptors (Lipinski definition) is 1. The zero-order valence-electron chi connectivity index (χ0n) is 10.8. The molecule has 0 aromatic heterocycles. The Bertz CT molecular complexity index is 649. The van der Waals surface area contributed by atoms with Gasteiger partial charge in [-0.1, -0.05) is 35.9 Å². The van der Waals surface area contributed by atoms with E-state index in [2.05, 4.69) is 6.07 Å². The summed E-state index contributed by atoms with van der Waals surface area (Å²) in [7, 11) is 0. The summed E-state index contributed by atoms with van der Waals surface area (Å²) >= 11 is 0. The minimum atomic E-state index is -4.33. The van der Waals surface area contributed by atoms with Crippen LogP contribution in [0, 0.1) is 18.3 Å².